The maximum atomic E-state index is 13.9. The molecule has 0 aromatic heterocycles. The van der Waals surface area contributed by atoms with Gasteiger partial charge in [0.05, 0.1) is 22.0 Å². The van der Waals surface area contributed by atoms with Crippen molar-refractivity contribution in [1.29, 1.82) is 0 Å². The lowest BCUT2D eigenvalue weighted by Gasteiger charge is -2.23. The van der Waals surface area contributed by atoms with Crippen LogP contribution in [0.1, 0.15) is 17.3 Å². The summed E-state index contributed by atoms with van der Waals surface area (Å²) in [6, 6.07) is 8.28. The van der Waals surface area contributed by atoms with Crippen molar-refractivity contribution in [2.45, 2.75) is 6.92 Å². The van der Waals surface area contributed by atoms with E-state index in [-0.39, 0.29) is 17.1 Å². The first-order valence-corrected chi connectivity index (χ1v) is 6.64. The standard InChI is InChI=1S/C15H13ClF2N2O/c1-2-20(14-6-4-3-5-13(14)19)15(21)9-7-12(18)10(16)8-11(9)17/h3-8H,2,19H2,1H3. The van der Waals surface area contributed by atoms with Crippen molar-refractivity contribution in [2.24, 2.45) is 0 Å². The fraction of sp³-hybridized carbons (Fsp3) is 0.133. The molecule has 0 heterocycles. The van der Waals surface area contributed by atoms with Gasteiger partial charge < -0.3 is 10.6 Å². The summed E-state index contributed by atoms with van der Waals surface area (Å²) in [4.78, 5) is 13.7. The van der Waals surface area contributed by atoms with Gasteiger partial charge in [-0.3, -0.25) is 4.79 Å². The highest BCUT2D eigenvalue weighted by Crippen LogP contribution is 2.26. The largest absolute Gasteiger partial charge is 0.397 e. The molecule has 110 valence electrons. The molecule has 0 aliphatic carbocycles. The summed E-state index contributed by atoms with van der Waals surface area (Å²) in [5.41, 5.74) is 6.26. The first-order chi connectivity index (χ1) is 9.95. The minimum Gasteiger partial charge on any atom is -0.397 e. The van der Waals surface area contributed by atoms with E-state index in [1.807, 2.05) is 0 Å². The van der Waals surface area contributed by atoms with Gasteiger partial charge in [0, 0.05) is 6.54 Å². The number of anilines is 2. The van der Waals surface area contributed by atoms with Gasteiger partial charge in [0.15, 0.2) is 0 Å². The van der Waals surface area contributed by atoms with Gasteiger partial charge in [-0.05, 0) is 31.2 Å². The van der Waals surface area contributed by atoms with E-state index < -0.39 is 17.5 Å². The molecule has 2 N–H and O–H groups in total. The predicted octanol–water partition coefficient (Wildman–Crippen LogP) is 3.87. The molecular formula is C15H13ClF2N2O. The number of nitrogens with two attached hydrogens (primary N) is 1. The van der Waals surface area contributed by atoms with Crippen LogP contribution in [0.25, 0.3) is 0 Å². The van der Waals surface area contributed by atoms with Crippen LogP contribution in [-0.2, 0) is 0 Å². The molecule has 0 aliphatic heterocycles. The van der Waals surface area contributed by atoms with E-state index in [0.717, 1.165) is 12.1 Å². The number of nitrogen functional groups attached to an aromatic ring is 1. The molecule has 0 saturated carbocycles. The predicted molar refractivity (Wildman–Crippen MR) is 79.6 cm³/mol. The SMILES string of the molecule is CCN(C(=O)c1cc(F)c(Cl)cc1F)c1ccccc1N. The van der Waals surface area contributed by atoms with E-state index in [1.165, 1.54) is 4.90 Å². The molecule has 2 aromatic carbocycles. The van der Waals surface area contributed by atoms with Crippen LogP contribution < -0.4 is 10.6 Å². The normalized spacial score (nSPS) is 10.5. The topological polar surface area (TPSA) is 46.3 Å². The van der Waals surface area contributed by atoms with Crippen LogP contribution in [0.4, 0.5) is 20.2 Å². The maximum absolute atomic E-state index is 13.9. The van der Waals surface area contributed by atoms with E-state index in [9.17, 15) is 13.6 Å². The number of para-hydroxylation sites is 2. The van der Waals surface area contributed by atoms with Crippen LogP contribution in [0.15, 0.2) is 36.4 Å². The molecule has 3 nitrogen and oxygen atoms in total. The quantitative estimate of drug-likeness (QED) is 0.691. The molecule has 0 spiro atoms. The summed E-state index contributed by atoms with van der Waals surface area (Å²) in [5, 5.41) is -0.369. The minimum atomic E-state index is -0.876. The summed E-state index contributed by atoms with van der Waals surface area (Å²) < 4.78 is 27.3. The fourth-order valence-electron chi connectivity index (χ4n) is 1.99. The van der Waals surface area contributed by atoms with E-state index in [2.05, 4.69) is 0 Å². The second-order valence-corrected chi connectivity index (χ2v) is 4.76. The average molecular weight is 311 g/mol. The zero-order valence-electron chi connectivity index (χ0n) is 11.2. The van der Waals surface area contributed by atoms with Gasteiger partial charge in [0.2, 0.25) is 0 Å². The van der Waals surface area contributed by atoms with Gasteiger partial charge in [-0.15, -0.1) is 0 Å². The highest BCUT2D eigenvalue weighted by atomic mass is 35.5. The smallest absolute Gasteiger partial charge is 0.261 e. The summed E-state index contributed by atoms with van der Waals surface area (Å²) in [6.07, 6.45) is 0. The first kappa shape index (κ1) is 15.3. The Bertz CT molecular complexity index is 691. The fourth-order valence-corrected chi connectivity index (χ4v) is 2.14. The molecule has 6 heteroatoms. The number of hydrogen-bond donors (Lipinski definition) is 1. The summed E-state index contributed by atoms with van der Waals surface area (Å²) >= 11 is 5.49. The number of rotatable bonds is 3. The van der Waals surface area contributed by atoms with Crippen LogP contribution in [0, 0.1) is 11.6 Å². The molecule has 0 unspecified atom stereocenters. The van der Waals surface area contributed by atoms with Gasteiger partial charge in [0.25, 0.3) is 5.91 Å². The van der Waals surface area contributed by atoms with Crippen molar-refractivity contribution >= 4 is 28.9 Å². The number of carbonyl (C=O) groups is 1. The zero-order chi connectivity index (χ0) is 15.6. The second-order valence-electron chi connectivity index (χ2n) is 4.35. The number of carbonyl (C=O) groups excluding carboxylic acids is 1. The van der Waals surface area contributed by atoms with E-state index in [0.29, 0.717) is 11.4 Å². The van der Waals surface area contributed by atoms with Crippen LogP contribution >= 0.6 is 11.6 Å². The molecule has 0 bridgehead atoms. The van der Waals surface area contributed by atoms with E-state index >= 15 is 0 Å². The van der Waals surface area contributed by atoms with Gasteiger partial charge in [-0.25, -0.2) is 8.78 Å². The monoisotopic (exact) mass is 310 g/mol. The third-order valence-corrected chi connectivity index (χ3v) is 3.32. The molecular weight excluding hydrogens is 298 g/mol. The number of amides is 1. The van der Waals surface area contributed by atoms with Crippen LogP contribution in [0.5, 0.6) is 0 Å². The van der Waals surface area contributed by atoms with Crippen molar-refractivity contribution in [3.05, 3.63) is 58.6 Å². The Morgan fingerprint density at radius 3 is 2.52 bits per heavy atom. The Labute approximate surface area is 125 Å². The number of halogens is 3. The Hall–Kier alpha value is -2.14. The Morgan fingerprint density at radius 1 is 1.24 bits per heavy atom. The highest BCUT2D eigenvalue weighted by Gasteiger charge is 2.22. The summed E-state index contributed by atoms with van der Waals surface area (Å²) in [5.74, 6) is -2.40. The van der Waals surface area contributed by atoms with Crippen molar-refractivity contribution in [3.8, 4) is 0 Å². The van der Waals surface area contributed by atoms with Gasteiger partial charge in [-0.2, -0.15) is 0 Å². The van der Waals surface area contributed by atoms with Crippen LogP contribution in [0.2, 0.25) is 5.02 Å². The van der Waals surface area contributed by atoms with Gasteiger partial charge >= 0.3 is 0 Å². The third kappa shape index (κ3) is 2.97. The Balaban J connectivity index is 2.47. The molecule has 0 aliphatic rings. The molecule has 0 saturated heterocycles. The number of hydrogen-bond acceptors (Lipinski definition) is 2. The Morgan fingerprint density at radius 2 is 1.90 bits per heavy atom. The third-order valence-electron chi connectivity index (χ3n) is 3.03. The minimum absolute atomic E-state index is 0.261. The zero-order valence-corrected chi connectivity index (χ0v) is 12.0. The van der Waals surface area contributed by atoms with Gasteiger partial charge in [0.1, 0.15) is 11.6 Å². The lowest BCUT2D eigenvalue weighted by molar-refractivity contribution is 0.0984. The second kappa shape index (κ2) is 6.10. The van der Waals surface area contributed by atoms with Crippen molar-refractivity contribution < 1.29 is 13.6 Å². The first-order valence-electron chi connectivity index (χ1n) is 6.26. The average Bonchev–Trinajstić information content (AvgIpc) is 2.45. The van der Waals surface area contributed by atoms with Crippen molar-refractivity contribution in [1.82, 2.24) is 0 Å². The number of benzene rings is 2. The van der Waals surface area contributed by atoms with E-state index in [1.54, 1.807) is 31.2 Å². The molecule has 2 rings (SSSR count). The molecule has 21 heavy (non-hydrogen) atoms. The highest BCUT2D eigenvalue weighted by molar-refractivity contribution is 6.30. The molecule has 1 amide bonds. The Kier molecular flexibility index (Phi) is 4.43. The lowest BCUT2D eigenvalue weighted by Crippen LogP contribution is -2.32. The molecule has 0 atom stereocenters. The van der Waals surface area contributed by atoms with Crippen molar-refractivity contribution in [2.75, 3.05) is 17.2 Å². The summed E-state index contributed by atoms with van der Waals surface area (Å²) in [6.45, 7) is 1.98. The molecule has 2 aromatic rings. The maximum Gasteiger partial charge on any atom is 0.261 e. The molecule has 0 fully saturated rings. The van der Waals surface area contributed by atoms with Crippen LogP contribution in [-0.4, -0.2) is 12.5 Å². The van der Waals surface area contributed by atoms with Crippen molar-refractivity contribution in [3.63, 3.8) is 0 Å². The summed E-state index contributed by atoms with van der Waals surface area (Å²) in [7, 11) is 0. The van der Waals surface area contributed by atoms with E-state index in [4.69, 9.17) is 17.3 Å². The molecule has 0 radical (unpaired) electrons. The van der Waals surface area contributed by atoms with Gasteiger partial charge in [-0.1, -0.05) is 23.7 Å². The van der Waals surface area contributed by atoms with Crippen LogP contribution in [0.3, 0.4) is 0 Å². The lowest BCUT2D eigenvalue weighted by atomic mass is 10.1. The number of nitrogens with zero attached hydrogens (tertiary/aromatic N) is 1.